The van der Waals surface area contributed by atoms with E-state index in [0.29, 0.717) is 13.0 Å². The van der Waals surface area contributed by atoms with Crippen molar-refractivity contribution in [3.05, 3.63) is 12.7 Å². The molecule has 1 aliphatic rings. The minimum absolute atomic E-state index is 0.188. The fourth-order valence-corrected chi connectivity index (χ4v) is 3.06. The maximum absolute atomic E-state index is 11.8. The monoisotopic (exact) mass is 291 g/mol. The molecule has 0 radical (unpaired) electrons. The van der Waals surface area contributed by atoms with E-state index in [9.17, 15) is 13.2 Å². The van der Waals surface area contributed by atoms with Crippen LogP contribution in [0.25, 0.3) is 0 Å². The summed E-state index contributed by atoms with van der Waals surface area (Å²) in [6.07, 6.45) is 2.94. The summed E-state index contributed by atoms with van der Waals surface area (Å²) in [6.45, 7) is 5.72. The van der Waals surface area contributed by atoms with Gasteiger partial charge in [-0.05, 0) is 26.2 Å². The molecule has 1 saturated heterocycles. The Morgan fingerprint density at radius 3 is 2.89 bits per heavy atom. The minimum atomic E-state index is -3.68. The van der Waals surface area contributed by atoms with Crippen LogP contribution in [0, 0.1) is 0 Å². The highest BCUT2D eigenvalue weighted by atomic mass is 32.2. The lowest BCUT2D eigenvalue weighted by molar-refractivity contribution is -0.129. The number of amides is 1. The van der Waals surface area contributed by atoms with Crippen molar-refractivity contribution < 1.29 is 22.7 Å². The summed E-state index contributed by atoms with van der Waals surface area (Å²) < 4.78 is 36.0. The molecule has 6 nitrogen and oxygen atoms in total. The first-order valence-corrected chi connectivity index (χ1v) is 7.98. The van der Waals surface area contributed by atoms with Crippen LogP contribution in [0.5, 0.6) is 0 Å². The predicted molar refractivity (Wildman–Crippen MR) is 71.1 cm³/mol. The molecular formula is C12H21NO5S. The Balaban J connectivity index is 2.44. The zero-order chi connectivity index (χ0) is 14.3. The first-order valence-electron chi connectivity index (χ1n) is 6.33. The molecule has 0 aromatic carbocycles. The molecule has 0 bridgehead atoms. The van der Waals surface area contributed by atoms with Crippen LogP contribution in [0.2, 0.25) is 0 Å². The number of carbonyl (C=O) groups excluding carboxylic acids is 1. The Morgan fingerprint density at radius 2 is 2.32 bits per heavy atom. The molecule has 1 rings (SSSR count). The van der Waals surface area contributed by atoms with Gasteiger partial charge >= 0.3 is 0 Å². The quantitative estimate of drug-likeness (QED) is 0.694. The molecule has 1 N–H and O–H groups in total. The van der Waals surface area contributed by atoms with E-state index >= 15 is 0 Å². The van der Waals surface area contributed by atoms with Gasteiger partial charge in [0.05, 0.1) is 18.5 Å². The number of nitrogens with one attached hydrogen (secondary N) is 1. The number of rotatable bonds is 7. The van der Waals surface area contributed by atoms with Gasteiger partial charge in [0.2, 0.25) is 10.0 Å². The molecule has 110 valence electrons. The highest BCUT2D eigenvalue weighted by Crippen LogP contribution is 2.14. The van der Waals surface area contributed by atoms with E-state index in [1.54, 1.807) is 0 Å². The largest absolute Gasteiger partial charge is 0.377 e. The zero-order valence-electron chi connectivity index (χ0n) is 11.1. The van der Waals surface area contributed by atoms with Crippen molar-refractivity contribution in [1.82, 2.24) is 4.72 Å². The molecule has 0 aromatic rings. The fourth-order valence-electron chi connectivity index (χ4n) is 1.75. The zero-order valence-corrected chi connectivity index (χ0v) is 11.9. The Labute approximate surface area is 114 Å². The molecule has 0 spiro atoms. The van der Waals surface area contributed by atoms with Crippen LogP contribution in [0.1, 0.15) is 26.2 Å². The Bertz CT molecular complexity index is 400. The first-order chi connectivity index (χ1) is 8.94. The van der Waals surface area contributed by atoms with E-state index in [2.05, 4.69) is 6.58 Å². The van der Waals surface area contributed by atoms with E-state index in [1.807, 2.05) is 4.72 Å². The number of hydrogen-bond acceptors (Lipinski definition) is 5. The van der Waals surface area contributed by atoms with Crippen molar-refractivity contribution in [3.8, 4) is 0 Å². The number of hydrogen-bond donors (Lipinski definition) is 1. The van der Waals surface area contributed by atoms with Crippen LogP contribution >= 0.6 is 0 Å². The predicted octanol–water partition coefficient (Wildman–Crippen LogP) is 0.593. The lowest BCUT2D eigenvalue weighted by Crippen LogP contribution is -2.42. The van der Waals surface area contributed by atoms with Gasteiger partial charge in [-0.3, -0.25) is 9.52 Å². The van der Waals surface area contributed by atoms with Crippen LogP contribution in [-0.2, 0) is 24.3 Å². The van der Waals surface area contributed by atoms with E-state index < -0.39 is 22.0 Å². The summed E-state index contributed by atoms with van der Waals surface area (Å²) in [4.78, 5) is 11.6. The van der Waals surface area contributed by atoms with E-state index in [-0.39, 0.29) is 18.5 Å². The van der Waals surface area contributed by atoms with Crippen molar-refractivity contribution in [3.63, 3.8) is 0 Å². The highest BCUT2D eigenvalue weighted by Gasteiger charge is 2.25. The van der Waals surface area contributed by atoms with Gasteiger partial charge in [-0.15, -0.1) is 6.58 Å². The van der Waals surface area contributed by atoms with E-state index in [1.165, 1.54) is 13.0 Å². The van der Waals surface area contributed by atoms with Gasteiger partial charge in [0.25, 0.3) is 5.91 Å². The SMILES string of the molecule is C=CCO[C@H](C)C(=O)NS(=O)(=O)C[C@@H]1CCCCO1. The van der Waals surface area contributed by atoms with Crippen molar-refractivity contribution in [1.29, 1.82) is 0 Å². The molecule has 1 aliphatic heterocycles. The molecule has 1 fully saturated rings. The average molecular weight is 291 g/mol. The normalized spacial score (nSPS) is 21.6. The topological polar surface area (TPSA) is 81.7 Å². The van der Waals surface area contributed by atoms with E-state index in [4.69, 9.17) is 9.47 Å². The van der Waals surface area contributed by atoms with Crippen molar-refractivity contribution in [2.24, 2.45) is 0 Å². The summed E-state index contributed by atoms with van der Waals surface area (Å²) in [7, 11) is -3.68. The Morgan fingerprint density at radius 1 is 1.58 bits per heavy atom. The third-order valence-corrected chi connectivity index (χ3v) is 4.09. The smallest absolute Gasteiger partial charge is 0.262 e. The van der Waals surface area contributed by atoms with Crippen molar-refractivity contribution >= 4 is 15.9 Å². The summed E-state index contributed by atoms with van der Waals surface area (Å²) in [5.74, 6) is -0.856. The maximum Gasteiger partial charge on any atom is 0.262 e. The Kier molecular flexibility index (Phi) is 6.47. The van der Waals surface area contributed by atoms with Crippen LogP contribution < -0.4 is 4.72 Å². The van der Waals surface area contributed by atoms with Crippen LogP contribution in [-0.4, -0.2) is 45.5 Å². The molecule has 1 amide bonds. The third-order valence-electron chi connectivity index (χ3n) is 2.77. The van der Waals surface area contributed by atoms with Gasteiger partial charge < -0.3 is 9.47 Å². The molecular weight excluding hydrogens is 270 g/mol. The summed E-state index contributed by atoms with van der Waals surface area (Å²) in [6, 6.07) is 0. The number of ether oxygens (including phenoxy) is 2. The second-order valence-corrected chi connectivity index (χ2v) is 6.27. The van der Waals surface area contributed by atoms with Crippen LogP contribution in [0.3, 0.4) is 0 Å². The molecule has 1 heterocycles. The molecule has 0 aliphatic carbocycles. The van der Waals surface area contributed by atoms with E-state index in [0.717, 1.165) is 12.8 Å². The second kappa shape index (κ2) is 7.62. The fraction of sp³-hybridized carbons (Fsp3) is 0.750. The lowest BCUT2D eigenvalue weighted by atomic mass is 10.1. The van der Waals surface area contributed by atoms with Crippen molar-refractivity contribution in [2.75, 3.05) is 19.0 Å². The number of carbonyl (C=O) groups is 1. The van der Waals surface area contributed by atoms with Gasteiger partial charge in [-0.2, -0.15) is 0 Å². The van der Waals surface area contributed by atoms with Gasteiger partial charge in [-0.1, -0.05) is 6.08 Å². The van der Waals surface area contributed by atoms with Gasteiger partial charge in [-0.25, -0.2) is 8.42 Å². The Hall–Kier alpha value is -0.920. The minimum Gasteiger partial charge on any atom is -0.377 e. The number of sulfonamides is 1. The average Bonchev–Trinajstić information content (AvgIpc) is 2.35. The second-order valence-electron chi connectivity index (χ2n) is 4.50. The maximum atomic E-state index is 11.8. The standard InChI is InChI=1S/C12H21NO5S/c1-3-7-17-10(2)12(14)13-19(15,16)9-11-6-4-5-8-18-11/h3,10-11H,1,4-9H2,2H3,(H,13,14)/t10-,11+/m1/s1. The van der Waals surface area contributed by atoms with Gasteiger partial charge in [0, 0.05) is 6.61 Å². The van der Waals surface area contributed by atoms with Gasteiger partial charge in [0.15, 0.2) is 0 Å². The third kappa shape index (κ3) is 6.17. The molecule has 0 aromatic heterocycles. The molecule has 7 heteroatoms. The summed E-state index contributed by atoms with van der Waals surface area (Å²) in [5.41, 5.74) is 0. The molecule has 19 heavy (non-hydrogen) atoms. The summed E-state index contributed by atoms with van der Waals surface area (Å²) >= 11 is 0. The lowest BCUT2D eigenvalue weighted by Gasteiger charge is -2.22. The summed E-state index contributed by atoms with van der Waals surface area (Å²) in [5, 5.41) is 0. The van der Waals surface area contributed by atoms with Crippen LogP contribution in [0.15, 0.2) is 12.7 Å². The first kappa shape index (κ1) is 16.1. The van der Waals surface area contributed by atoms with Crippen molar-refractivity contribution in [2.45, 2.75) is 38.4 Å². The van der Waals surface area contributed by atoms with Gasteiger partial charge in [0.1, 0.15) is 6.10 Å². The molecule has 0 saturated carbocycles. The molecule has 0 unspecified atom stereocenters. The highest BCUT2D eigenvalue weighted by molar-refractivity contribution is 7.90. The van der Waals surface area contributed by atoms with Crippen LogP contribution in [0.4, 0.5) is 0 Å². The molecule has 2 atom stereocenters.